The number of anilines is 1. The molecule has 1 aromatic carbocycles. The number of nitrogens with one attached hydrogen (secondary N) is 1. The molecule has 0 saturated carbocycles. The van der Waals surface area contributed by atoms with Gasteiger partial charge in [0.1, 0.15) is 0 Å². The van der Waals surface area contributed by atoms with E-state index >= 15 is 0 Å². The zero-order valence-electron chi connectivity index (χ0n) is 8.97. The number of aliphatic hydroxyl groups excluding tert-OH is 1. The normalized spacial score (nSPS) is 10.4. The van der Waals surface area contributed by atoms with Crippen molar-refractivity contribution in [2.45, 2.75) is 19.3 Å². The van der Waals surface area contributed by atoms with E-state index in [4.69, 9.17) is 28.3 Å². The van der Waals surface area contributed by atoms with E-state index in [0.717, 1.165) is 0 Å². The maximum atomic E-state index is 11.5. The minimum absolute atomic E-state index is 0.0954. The van der Waals surface area contributed by atoms with Crippen LogP contribution in [0.2, 0.25) is 10.0 Å². The van der Waals surface area contributed by atoms with Crippen molar-refractivity contribution in [1.29, 1.82) is 0 Å². The van der Waals surface area contributed by atoms with Gasteiger partial charge < -0.3 is 10.4 Å². The molecule has 0 fully saturated rings. The van der Waals surface area contributed by atoms with Crippen molar-refractivity contribution in [3.8, 4) is 0 Å². The first-order valence-electron chi connectivity index (χ1n) is 5.10. The maximum Gasteiger partial charge on any atom is 0.224 e. The van der Waals surface area contributed by atoms with Gasteiger partial charge in [-0.25, -0.2) is 0 Å². The molecule has 0 aliphatic heterocycles. The van der Waals surface area contributed by atoms with Gasteiger partial charge in [-0.1, -0.05) is 23.2 Å². The minimum Gasteiger partial charge on any atom is -0.396 e. The third kappa shape index (κ3) is 4.47. The number of hydrogen-bond acceptors (Lipinski definition) is 2. The summed E-state index contributed by atoms with van der Waals surface area (Å²) in [5, 5.41) is 12.0. The summed E-state index contributed by atoms with van der Waals surface area (Å²) in [5.41, 5.74) is 0.494. The molecule has 1 aromatic rings. The molecule has 0 heterocycles. The van der Waals surface area contributed by atoms with Gasteiger partial charge in [-0.3, -0.25) is 4.79 Å². The lowest BCUT2D eigenvalue weighted by Crippen LogP contribution is -2.11. The number of carbonyl (C=O) groups is 1. The van der Waals surface area contributed by atoms with Crippen LogP contribution >= 0.6 is 39.1 Å². The molecule has 0 radical (unpaired) electrons. The fourth-order valence-corrected chi connectivity index (χ4v) is 2.05. The van der Waals surface area contributed by atoms with E-state index < -0.39 is 0 Å². The van der Waals surface area contributed by atoms with Crippen molar-refractivity contribution < 1.29 is 9.90 Å². The predicted molar refractivity (Wildman–Crippen MR) is 73.7 cm³/mol. The minimum atomic E-state index is -0.140. The molecule has 1 rings (SSSR count). The van der Waals surface area contributed by atoms with Crippen molar-refractivity contribution in [2.75, 3.05) is 11.9 Å². The largest absolute Gasteiger partial charge is 0.396 e. The number of rotatable bonds is 5. The Balaban J connectivity index is 2.63. The van der Waals surface area contributed by atoms with Gasteiger partial charge in [-0.2, -0.15) is 0 Å². The zero-order chi connectivity index (χ0) is 12.8. The molecule has 2 N–H and O–H groups in total. The summed E-state index contributed by atoms with van der Waals surface area (Å²) in [7, 11) is 0. The highest BCUT2D eigenvalue weighted by Gasteiger charge is 2.10. The van der Waals surface area contributed by atoms with Gasteiger partial charge in [0.15, 0.2) is 0 Å². The number of halogens is 3. The molecule has 0 aliphatic carbocycles. The number of aliphatic hydroxyl groups is 1. The quantitative estimate of drug-likeness (QED) is 0.631. The molecule has 0 aliphatic rings. The van der Waals surface area contributed by atoms with E-state index in [1.165, 1.54) is 0 Å². The number of carbonyl (C=O) groups excluding carboxylic acids is 1. The highest BCUT2D eigenvalue weighted by atomic mass is 79.9. The van der Waals surface area contributed by atoms with Crippen LogP contribution in [-0.4, -0.2) is 17.6 Å². The summed E-state index contributed by atoms with van der Waals surface area (Å²) in [6, 6.07) is 3.40. The van der Waals surface area contributed by atoms with Crippen LogP contribution in [0, 0.1) is 0 Å². The Morgan fingerprint density at radius 3 is 2.65 bits per heavy atom. The summed E-state index contributed by atoms with van der Waals surface area (Å²) in [6.45, 7) is 0.0954. The lowest BCUT2D eigenvalue weighted by atomic mass is 10.2. The summed E-state index contributed by atoms with van der Waals surface area (Å²) in [6.07, 6.45) is 1.61. The van der Waals surface area contributed by atoms with Gasteiger partial charge in [0.2, 0.25) is 5.91 Å². The number of amides is 1. The van der Waals surface area contributed by atoms with Crippen LogP contribution in [0.3, 0.4) is 0 Å². The average molecular weight is 341 g/mol. The lowest BCUT2D eigenvalue weighted by Gasteiger charge is -2.09. The van der Waals surface area contributed by atoms with Crippen molar-refractivity contribution in [3.05, 3.63) is 26.7 Å². The molecule has 0 unspecified atom stereocenters. The second kappa shape index (κ2) is 7.21. The average Bonchev–Trinajstić information content (AvgIpc) is 2.30. The Morgan fingerprint density at radius 1 is 1.29 bits per heavy atom. The third-order valence-corrected chi connectivity index (χ3v) is 3.89. The number of unbranched alkanes of at least 4 members (excludes halogenated alkanes) is 1. The van der Waals surface area contributed by atoms with Crippen LogP contribution in [-0.2, 0) is 4.79 Å². The molecule has 0 bridgehead atoms. The second-order valence-electron chi connectivity index (χ2n) is 3.45. The van der Waals surface area contributed by atoms with Crippen LogP contribution in [0.4, 0.5) is 5.69 Å². The predicted octanol–water partition coefficient (Wildman–Crippen LogP) is 3.86. The molecule has 17 heavy (non-hydrogen) atoms. The molecule has 0 aromatic heterocycles. The van der Waals surface area contributed by atoms with Gasteiger partial charge in [-0.05, 0) is 40.9 Å². The van der Waals surface area contributed by atoms with Gasteiger partial charge in [0.05, 0.1) is 15.7 Å². The van der Waals surface area contributed by atoms with Gasteiger partial charge in [0.25, 0.3) is 0 Å². The zero-order valence-corrected chi connectivity index (χ0v) is 12.1. The fourth-order valence-electron chi connectivity index (χ4n) is 1.23. The van der Waals surface area contributed by atoms with Crippen molar-refractivity contribution in [1.82, 2.24) is 0 Å². The summed E-state index contributed by atoms with van der Waals surface area (Å²) in [5.74, 6) is -0.140. The molecule has 3 nitrogen and oxygen atoms in total. The lowest BCUT2D eigenvalue weighted by molar-refractivity contribution is -0.116. The molecule has 94 valence electrons. The second-order valence-corrected chi connectivity index (χ2v) is 5.06. The highest BCUT2D eigenvalue weighted by Crippen LogP contribution is 2.35. The highest BCUT2D eigenvalue weighted by molar-refractivity contribution is 9.10. The smallest absolute Gasteiger partial charge is 0.224 e. The SMILES string of the molecule is O=C(CCCCO)Nc1ccc(Br)c(Cl)c1Cl. The third-order valence-electron chi connectivity index (χ3n) is 2.12. The first-order chi connectivity index (χ1) is 8.06. The Hall–Kier alpha value is -0.290. The Labute approximate surface area is 118 Å². The van der Waals surface area contributed by atoms with Crippen molar-refractivity contribution in [3.63, 3.8) is 0 Å². The van der Waals surface area contributed by atoms with Crippen molar-refractivity contribution >= 4 is 50.7 Å². The topological polar surface area (TPSA) is 49.3 Å². The molecule has 0 saturated heterocycles. The summed E-state index contributed by atoms with van der Waals surface area (Å²) >= 11 is 15.2. The van der Waals surface area contributed by atoms with E-state index in [1.807, 2.05) is 0 Å². The first kappa shape index (κ1) is 14.8. The Morgan fingerprint density at radius 2 is 2.00 bits per heavy atom. The van der Waals surface area contributed by atoms with E-state index in [9.17, 15) is 4.79 Å². The fraction of sp³-hybridized carbons (Fsp3) is 0.364. The van der Waals surface area contributed by atoms with E-state index in [1.54, 1.807) is 12.1 Å². The summed E-state index contributed by atoms with van der Waals surface area (Å²) in [4.78, 5) is 11.5. The number of benzene rings is 1. The number of hydrogen-bond donors (Lipinski definition) is 2. The first-order valence-corrected chi connectivity index (χ1v) is 6.65. The Kier molecular flexibility index (Phi) is 6.27. The van der Waals surface area contributed by atoms with Crippen LogP contribution in [0.25, 0.3) is 0 Å². The van der Waals surface area contributed by atoms with E-state index in [2.05, 4.69) is 21.2 Å². The van der Waals surface area contributed by atoms with Gasteiger partial charge in [-0.15, -0.1) is 0 Å². The van der Waals surface area contributed by atoms with Crippen LogP contribution in [0.15, 0.2) is 16.6 Å². The Bertz CT molecular complexity index is 413. The molecule has 0 atom stereocenters. The van der Waals surface area contributed by atoms with Crippen LogP contribution < -0.4 is 5.32 Å². The summed E-state index contributed by atoms with van der Waals surface area (Å²) < 4.78 is 0.683. The monoisotopic (exact) mass is 339 g/mol. The molecule has 6 heteroatoms. The molecular formula is C11H12BrCl2NO2. The van der Waals surface area contributed by atoms with Gasteiger partial charge in [0, 0.05) is 17.5 Å². The van der Waals surface area contributed by atoms with Crippen molar-refractivity contribution in [2.24, 2.45) is 0 Å². The van der Waals surface area contributed by atoms with E-state index in [-0.39, 0.29) is 12.5 Å². The van der Waals surface area contributed by atoms with Crippen LogP contribution in [0.5, 0.6) is 0 Å². The standard InChI is InChI=1S/C11H12BrCl2NO2/c12-7-4-5-8(11(14)10(7)13)15-9(17)3-1-2-6-16/h4-5,16H,1-3,6H2,(H,15,17). The molecule has 0 spiro atoms. The molecule has 1 amide bonds. The van der Waals surface area contributed by atoms with E-state index in [0.29, 0.717) is 39.5 Å². The molecular weight excluding hydrogens is 329 g/mol. The van der Waals surface area contributed by atoms with Gasteiger partial charge >= 0.3 is 0 Å². The van der Waals surface area contributed by atoms with Crippen LogP contribution in [0.1, 0.15) is 19.3 Å². The maximum absolute atomic E-state index is 11.5.